The molecule has 0 amide bonds. The van der Waals surface area contributed by atoms with Crippen LogP contribution in [0.1, 0.15) is 23.7 Å². The zero-order valence-electron chi connectivity index (χ0n) is 9.02. The van der Waals surface area contributed by atoms with Crippen molar-refractivity contribution >= 4 is 0 Å². The lowest BCUT2D eigenvalue weighted by atomic mass is 9.90. The Bertz CT molecular complexity index is 465. The Kier molecular flexibility index (Phi) is 2.37. The van der Waals surface area contributed by atoms with Gasteiger partial charge in [0.15, 0.2) is 0 Å². The molecule has 1 aliphatic heterocycles. The van der Waals surface area contributed by atoms with Crippen LogP contribution in [0.25, 0.3) is 0 Å². The molecule has 0 spiro atoms. The van der Waals surface area contributed by atoms with Crippen molar-refractivity contribution in [3.63, 3.8) is 0 Å². The van der Waals surface area contributed by atoms with E-state index in [0.717, 1.165) is 31.0 Å². The fraction of sp³-hybridized carbons (Fsp3) is 0.308. The highest BCUT2D eigenvalue weighted by Crippen LogP contribution is 2.34. The first-order valence-corrected chi connectivity index (χ1v) is 5.63. The van der Waals surface area contributed by atoms with Gasteiger partial charge in [-0.05, 0) is 24.0 Å². The first-order chi connectivity index (χ1) is 7.93. The van der Waals surface area contributed by atoms with Gasteiger partial charge in [-0.1, -0.05) is 18.2 Å². The highest BCUT2D eigenvalue weighted by Gasteiger charge is 2.21. The number of H-pyrrole nitrogens is 1. The number of para-hydroxylation sites is 1. The summed E-state index contributed by atoms with van der Waals surface area (Å²) in [6.07, 6.45) is 5.71. The number of hydrogen-bond donors (Lipinski definition) is 1. The minimum absolute atomic E-state index is 0.524. The van der Waals surface area contributed by atoms with E-state index in [-0.39, 0.29) is 0 Å². The normalized spacial score (nSPS) is 18.9. The van der Waals surface area contributed by atoms with E-state index < -0.39 is 0 Å². The number of fused-ring (bicyclic) bond motifs is 1. The van der Waals surface area contributed by atoms with Crippen LogP contribution < -0.4 is 4.74 Å². The Balaban J connectivity index is 1.87. The molecule has 2 heterocycles. The quantitative estimate of drug-likeness (QED) is 0.834. The molecule has 3 rings (SSSR count). The summed E-state index contributed by atoms with van der Waals surface area (Å²) >= 11 is 0. The van der Waals surface area contributed by atoms with Gasteiger partial charge < -0.3 is 9.72 Å². The Morgan fingerprint density at radius 3 is 3.19 bits per heavy atom. The van der Waals surface area contributed by atoms with E-state index in [1.54, 1.807) is 6.20 Å². The van der Waals surface area contributed by atoms with Crippen molar-refractivity contribution < 1.29 is 4.74 Å². The number of ether oxygens (including phenoxy) is 1. The van der Waals surface area contributed by atoms with Gasteiger partial charge in [0.1, 0.15) is 11.6 Å². The van der Waals surface area contributed by atoms with Crippen LogP contribution >= 0.6 is 0 Å². The number of nitrogens with zero attached hydrogens (tertiary/aromatic N) is 1. The number of hydrogen-bond acceptors (Lipinski definition) is 2. The van der Waals surface area contributed by atoms with Crippen molar-refractivity contribution in [1.29, 1.82) is 0 Å². The van der Waals surface area contributed by atoms with Gasteiger partial charge in [-0.25, -0.2) is 4.98 Å². The van der Waals surface area contributed by atoms with Crippen LogP contribution in [-0.2, 0) is 6.42 Å². The molecule has 0 fully saturated rings. The molecule has 1 atom stereocenters. The number of aromatic amines is 1. The van der Waals surface area contributed by atoms with E-state index in [1.165, 1.54) is 5.56 Å². The van der Waals surface area contributed by atoms with E-state index in [0.29, 0.717) is 5.92 Å². The first-order valence-electron chi connectivity index (χ1n) is 5.63. The van der Waals surface area contributed by atoms with Crippen molar-refractivity contribution in [3.05, 3.63) is 48.0 Å². The lowest BCUT2D eigenvalue weighted by molar-refractivity contribution is 0.266. The number of nitrogens with one attached hydrogen (secondary N) is 1. The third kappa shape index (κ3) is 1.69. The van der Waals surface area contributed by atoms with E-state index in [4.69, 9.17) is 4.74 Å². The Morgan fingerprint density at radius 2 is 2.31 bits per heavy atom. The fourth-order valence-electron chi connectivity index (χ4n) is 2.27. The predicted octanol–water partition coefficient (Wildman–Crippen LogP) is 2.52. The van der Waals surface area contributed by atoms with Crippen LogP contribution in [-0.4, -0.2) is 16.6 Å². The van der Waals surface area contributed by atoms with E-state index in [9.17, 15) is 0 Å². The molecule has 0 radical (unpaired) electrons. The van der Waals surface area contributed by atoms with Crippen LogP contribution in [0.2, 0.25) is 0 Å². The van der Waals surface area contributed by atoms with Crippen LogP contribution in [0.5, 0.6) is 5.75 Å². The smallest absolute Gasteiger partial charge is 0.122 e. The van der Waals surface area contributed by atoms with Gasteiger partial charge in [0.05, 0.1) is 6.61 Å². The molecular formula is C13H14N2O. The average molecular weight is 214 g/mol. The zero-order chi connectivity index (χ0) is 10.8. The monoisotopic (exact) mass is 214 g/mol. The third-order valence-corrected chi connectivity index (χ3v) is 3.08. The Labute approximate surface area is 94.5 Å². The summed E-state index contributed by atoms with van der Waals surface area (Å²) in [6.45, 7) is 0.808. The van der Waals surface area contributed by atoms with E-state index in [1.807, 2.05) is 18.3 Å². The molecule has 1 N–H and O–H groups in total. The molecule has 1 unspecified atom stereocenters. The van der Waals surface area contributed by atoms with Crippen molar-refractivity contribution in [2.75, 3.05) is 6.61 Å². The summed E-state index contributed by atoms with van der Waals surface area (Å²) in [5.41, 5.74) is 1.31. The number of benzene rings is 1. The number of aromatic nitrogens is 2. The first kappa shape index (κ1) is 9.46. The highest BCUT2D eigenvalue weighted by molar-refractivity contribution is 5.38. The summed E-state index contributed by atoms with van der Waals surface area (Å²) in [5.74, 6) is 2.61. The lowest BCUT2D eigenvalue weighted by Crippen LogP contribution is -2.16. The molecule has 0 aliphatic carbocycles. The molecule has 1 aliphatic rings. The largest absolute Gasteiger partial charge is 0.493 e. The summed E-state index contributed by atoms with van der Waals surface area (Å²) in [5, 5.41) is 0. The molecule has 0 saturated carbocycles. The molecule has 2 aromatic rings. The molecule has 16 heavy (non-hydrogen) atoms. The van der Waals surface area contributed by atoms with Crippen molar-refractivity contribution in [1.82, 2.24) is 9.97 Å². The van der Waals surface area contributed by atoms with Gasteiger partial charge in [-0.2, -0.15) is 0 Å². The lowest BCUT2D eigenvalue weighted by Gasteiger charge is -2.25. The Hall–Kier alpha value is -1.77. The molecule has 1 aromatic heterocycles. The second-order valence-corrected chi connectivity index (χ2v) is 4.11. The van der Waals surface area contributed by atoms with E-state index >= 15 is 0 Å². The topological polar surface area (TPSA) is 37.9 Å². The van der Waals surface area contributed by atoms with Gasteiger partial charge in [0.2, 0.25) is 0 Å². The van der Waals surface area contributed by atoms with Gasteiger partial charge in [0, 0.05) is 18.8 Å². The SMILES string of the molecule is c1ccc2c(c1)OCCC2Cc1ncc[nH]1. The summed E-state index contributed by atoms with van der Waals surface area (Å²) in [4.78, 5) is 7.45. The predicted molar refractivity (Wildman–Crippen MR) is 61.6 cm³/mol. The molecule has 1 aromatic carbocycles. The minimum Gasteiger partial charge on any atom is -0.493 e. The third-order valence-electron chi connectivity index (χ3n) is 3.08. The van der Waals surface area contributed by atoms with Crippen LogP contribution in [0.4, 0.5) is 0 Å². The minimum atomic E-state index is 0.524. The van der Waals surface area contributed by atoms with Gasteiger partial charge in [-0.3, -0.25) is 0 Å². The second kappa shape index (κ2) is 4.00. The molecule has 3 heteroatoms. The number of rotatable bonds is 2. The molecule has 3 nitrogen and oxygen atoms in total. The van der Waals surface area contributed by atoms with Crippen LogP contribution in [0.15, 0.2) is 36.7 Å². The van der Waals surface area contributed by atoms with Gasteiger partial charge in [0.25, 0.3) is 0 Å². The maximum absolute atomic E-state index is 5.64. The highest BCUT2D eigenvalue weighted by atomic mass is 16.5. The maximum Gasteiger partial charge on any atom is 0.122 e. The van der Waals surface area contributed by atoms with Crippen molar-refractivity contribution in [3.8, 4) is 5.75 Å². The second-order valence-electron chi connectivity index (χ2n) is 4.11. The Morgan fingerprint density at radius 1 is 1.38 bits per heavy atom. The maximum atomic E-state index is 5.64. The number of imidazole rings is 1. The summed E-state index contributed by atoms with van der Waals surface area (Å²) in [6, 6.07) is 8.29. The summed E-state index contributed by atoms with van der Waals surface area (Å²) in [7, 11) is 0. The zero-order valence-corrected chi connectivity index (χ0v) is 9.02. The van der Waals surface area contributed by atoms with Crippen molar-refractivity contribution in [2.24, 2.45) is 0 Å². The molecule has 82 valence electrons. The van der Waals surface area contributed by atoms with Crippen LogP contribution in [0.3, 0.4) is 0 Å². The molecular weight excluding hydrogens is 200 g/mol. The standard InChI is InChI=1S/C13H14N2O/c1-2-4-12-11(3-1)10(5-8-16-12)9-13-14-6-7-15-13/h1-4,6-7,10H,5,8-9H2,(H,14,15). The van der Waals surface area contributed by atoms with E-state index in [2.05, 4.69) is 22.1 Å². The summed E-state index contributed by atoms with van der Waals surface area (Å²) < 4.78 is 5.64. The van der Waals surface area contributed by atoms with Crippen molar-refractivity contribution in [2.45, 2.75) is 18.8 Å². The van der Waals surface area contributed by atoms with Gasteiger partial charge in [-0.15, -0.1) is 0 Å². The van der Waals surface area contributed by atoms with Crippen LogP contribution in [0, 0.1) is 0 Å². The average Bonchev–Trinajstić information content (AvgIpc) is 2.82. The molecule has 0 bridgehead atoms. The van der Waals surface area contributed by atoms with Gasteiger partial charge >= 0.3 is 0 Å². The fourth-order valence-corrected chi connectivity index (χ4v) is 2.27. The molecule has 0 saturated heterocycles.